The van der Waals surface area contributed by atoms with Crippen molar-refractivity contribution in [2.45, 2.75) is 6.42 Å². The molecule has 0 fully saturated rings. The van der Waals surface area contributed by atoms with Crippen LogP contribution in [0.4, 0.5) is 5.82 Å². The molecule has 5 rings (SSSR count). The van der Waals surface area contributed by atoms with Crippen molar-refractivity contribution in [3.8, 4) is 11.4 Å². The number of para-hydroxylation sites is 1. The molecule has 0 saturated carbocycles. The van der Waals surface area contributed by atoms with Crippen LogP contribution in [-0.2, 0) is 6.42 Å². The molecule has 0 atom stereocenters. The summed E-state index contributed by atoms with van der Waals surface area (Å²) in [7, 11) is 0. The Bertz CT molecular complexity index is 1210. The number of hydrogen-bond acceptors (Lipinski definition) is 5. The van der Waals surface area contributed by atoms with Gasteiger partial charge in [-0.25, -0.2) is 15.0 Å². The maximum Gasteiger partial charge on any atom is 0.163 e. The lowest BCUT2D eigenvalue weighted by molar-refractivity contribution is 0.971. The van der Waals surface area contributed by atoms with Crippen molar-refractivity contribution in [2.24, 2.45) is 0 Å². The molecule has 1 aromatic carbocycles. The van der Waals surface area contributed by atoms with E-state index in [1.165, 1.54) is 0 Å². The van der Waals surface area contributed by atoms with Crippen LogP contribution in [0.3, 0.4) is 0 Å². The zero-order chi connectivity index (χ0) is 18.8. The van der Waals surface area contributed by atoms with Gasteiger partial charge in [0, 0.05) is 48.7 Å². The summed E-state index contributed by atoms with van der Waals surface area (Å²) in [6, 6.07) is 17.9. The Morgan fingerprint density at radius 2 is 1.82 bits per heavy atom. The lowest BCUT2D eigenvalue weighted by atomic mass is 10.2. The van der Waals surface area contributed by atoms with Crippen LogP contribution in [-0.4, -0.2) is 30.9 Å². The second-order valence-corrected chi connectivity index (χ2v) is 6.53. The summed E-state index contributed by atoms with van der Waals surface area (Å²) in [6.45, 7) is 0.734. The summed E-state index contributed by atoms with van der Waals surface area (Å²) in [5.74, 6) is 1.50. The molecule has 0 aliphatic rings. The zero-order valence-corrected chi connectivity index (χ0v) is 15.2. The van der Waals surface area contributed by atoms with E-state index in [-0.39, 0.29) is 0 Å². The Kier molecular flexibility index (Phi) is 4.14. The first-order valence-corrected chi connectivity index (χ1v) is 9.20. The van der Waals surface area contributed by atoms with Crippen LogP contribution in [0.5, 0.6) is 0 Å². The van der Waals surface area contributed by atoms with Gasteiger partial charge >= 0.3 is 0 Å². The van der Waals surface area contributed by atoms with E-state index in [4.69, 9.17) is 9.97 Å². The molecule has 0 unspecified atom stereocenters. The first kappa shape index (κ1) is 16.4. The zero-order valence-electron chi connectivity index (χ0n) is 15.2. The predicted molar refractivity (Wildman–Crippen MR) is 110 cm³/mol. The Morgan fingerprint density at radius 1 is 0.893 bits per heavy atom. The molecule has 136 valence electrons. The van der Waals surface area contributed by atoms with Crippen LogP contribution in [0.2, 0.25) is 0 Å². The van der Waals surface area contributed by atoms with Gasteiger partial charge in [0.15, 0.2) is 5.82 Å². The van der Waals surface area contributed by atoms with E-state index in [0.29, 0.717) is 5.82 Å². The van der Waals surface area contributed by atoms with Crippen LogP contribution >= 0.6 is 0 Å². The minimum atomic E-state index is 0.669. The highest BCUT2D eigenvalue weighted by Gasteiger charge is 2.09. The van der Waals surface area contributed by atoms with E-state index in [0.717, 1.165) is 46.6 Å². The molecular weight excluding hydrogens is 348 g/mol. The van der Waals surface area contributed by atoms with Gasteiger partial charge in [-0.15, -0.1) is 0 Å². The molecule has 4 aromatic heterocycles. The summed E-state index contributed by atoms with van der Waals surface area (Å²) in [5.41, 5.74) is 3.82. The Hall–Kier alpha value is -3.80. The van der Waals surface area contributed by atoms with Gasteiger partial charge in [-0.3, -0.25) is 4.98 Å². The molecule has 6 heteroatoms. The third kappa shape index (κ3) is 3.16. The first-order chi connectivity index (χ1) is 13.9. The van der Waals surface area contributed by atoms with Gasteiger partial charge < -0.3 is 9.72 Å². The van der Waals surface area contributed by atoms with E-state index in [1.807, 2.05) is 65.2 Å². The molecule has 0 radical (unpaired) electrons. The van der Waals surface area contributed by atoms with E-state index in [2.05, 4.69) is 21.5 Å². The number of benzene rings is 1. The number of hydrogen-bond donors (Lipinski definition) is 1. The highest BCUT2D eigenvalue weighted by Crippen LogP contribution is 2.24. The summed E-state index contributed by atoms with van der Waals surface area (Å²) >= 11 is 0. The number of aromatic nitrogens is 5. The highest BCUT2D eigenvalue weighted by molar-refractivity contribution is 5.90. The monoisotopic (exact) mass is 366 g/mol. The first-order valence-electron chi connectivity index (χ1n) is 9.20. The predicted octanol–water partition coefficient (Wildman–Crippen LogP) is 3.99. The molecular formula is C22H18N6. The van der Waals surface area contributed by atoms with Gasteiger partial charge in [0.25, 0.3) is 0 Å². The molecule has 0 saturated heterocycles. The maximum atomic E-state index is 4.76. The average molecular weight is 366 g/mol. The van der Waals surface area contributed by atoms with Crippen LogP contribution in [0.25, 0.3) is 27.9 Å². The molecule has 4 heterocycles. The van der Waals surface area contributed by atoms with Crippen molar-refractivity contribution in [3.63, 3.8) is 0 Å². The Labute approximate surface area is 162 Å². The summed E-state index contributed by atoms with van der Waals surface area (Å²) < 4.78 is 2.04. The number of nitrogens with zero attached hydrogens (tertiary/aromatic N) is 5. The number of imidazole rings is 1. The fraction of sp³-hybridized carbons (Fsp3) is 0.0909. The van der Waals surface area contributed by atoms with Crippen molar-refractivity contribution >= 4 is 22.4 Å². The standard InChI is InChI=1S/C22H18N6/c1-2-8-19-18(7-1)22(27-21(26-19)16-6-5-11-23-14-16)24-12-10-17-15-28-13-4-3-9-20(28)25-17/h1-9,11,13-15H,10,12H2,(H,24,26,27). The lowest BCUT2D eigenvalue weighted by Gasteiger charge is -2.10. The van der Waals surface area contributed by atoms with Gasteiger partial charge in [0.05, 0.1) is 11.2 Å². The van der Waals surface area contributed by atoms with Gasteiger partial charge in [-0.05, 0) is 36.4 Å². The molecule has 0 amide bonds. The van der Waals surface area contributed by atoms with Crippen molar-refractivity contribution in [3.05, 3.63) is 85.1 Å². The molecule has 0 spiro atoms. The normalized spacial score (nSPS) is 11.1. The summed E-state index contributed by atoms with van der Waals surface area (Å²) in [5, 5.41) is 4.47. The number of rotatable bonds is 5. The topological polar surface area (TPSA) is 68.0 Å². The van der Waals surface area contributed by atoms with Gasteiger partial charge in [0.1, 0.15) is 11.5 Å². The van der Waals surface area contributed by atoms with Gasteiger partial charge in [0.2, 0.25) is 0 Å². The van der Waals surface area contributed by atoms with Gasteiger partial charge in [-0.2, -0.15) is 0 Å². The molecule has 6 nitrogen and oxygen atoms in total. The molecule has 1 N–H and O–H groups in total. The van der Waals surface area contributed by atoms with Crippen molar-refractivity contribution in [1.29, 1.82) is 0 Å². The average Bonchev–Trinajstić information content (AvgIpc) is 3.17. The SMILES string of the molecule is c1cncc(-c2nc(NCCc3cn4ccccc4n3)c3ccccc3n2)c1. The second-order valence-electron chi connectivity index (χ2n) is 6.53. The van der Waals surface area contributed by atoms with Crippen LogP contribution in [0.15, 0.2) is 79.4 Å². The highest BCUT2D eigenvalue weighted by atomic mass is 15.0. The van der Waals surface area contributed by atoms with E-state index < -0.39 is 0 Å². The fourth-order valence-corrected chi connectivity index (χ4v) is 3.25. The lowest BCUT2D eigenvalue weighted by Crippen LogP contribution is -2.08. The van der Waals surface area contributed by atoms with E-state index in [9.17, 15) is 0 Å². The van der Waals surface area contributed by atoms with Crippen LogP contribution in [0, 0.1) is 0 Å². The number of anilines is 1. The van der Waals surface area contributed by atoms with Crippen LogP contribution < -0.4 is 5.32 Å². The Morgan fingerprint density at radius 3 is 2.71 bits per heavy atom. The van der Waals surface area contributed by atoms with Crippen molar-refractivity contribution in [2.75, 3.05) is 11.9 Å². The Balaban J connectivity index is 1.42. The number of fused-ring (bicyclic) bond motifs is 2. The molecule has 0 aliphatic carbocycles. The largest absolute Gasteiger partial charge is 0.369 e. The minimum Gasteiger partial charge on any atom is -0.369 e. The third-order valence-electron chi connectivity index (χ3n) is 4.61. The smallest absolute Gasteiger partial charge is 0.163 e. The quantitative estimate of drug-likeness (QED) is 0.509. The van der Waals surface area contributed by atoms with Crippen molar-refractivity contribution in [1.82, 2.24) is 24.3 Å². The maximum absolute atomic E-state index is 4.76. The minimum absolute atomic E-state index is 0.669. The van der Waals surface area contributed by atoms with Crippen molar-refractivity contribution < 1.29 is 0 Å². The summed E-state index contributed by atoms with van der Waals surface area (Å²) in [6.07, 6.45) is 8.42. The summed E-state index contributed by atoms with van der Waals surface area (Å²) in [4.78, 5) is 18.3. The van der Waals surface area contributed by atoms with E-state index in [1.54, 1.807) is 12.4 Å². The molecule has 0 bridgehead atoms. The fourth-order valence-electron chi connectivity index (χ4n) is 3.25. The molecule has 0 aliphatic heterocycles. The second kappa shape index (κ2) is 7.08. The van der Waals surface area contributed by atoms with E-state index >= 15 is 0 Å². The third-order valence-corrected chi connectivity index (χ3v) is 4.61. The number of nitrogens with one attached hydrogen (secondary N) is 1. The van der Waals surface area contributed by atoms with Gasteiger partial charge in [-0.1, -0.05) is 18.2 Å². The number of pyridine rings is 2. The molecule has 5 aromatic rings. The van der Waals surface area contributed by atoms with Crippen LogP contribution in [0.1, 0.15) is 5.69 Å². The molecule has 28 heavy (non-hydrogen) atoms.